The van der Waals surface area contributed by atoms with E-state index in [1.165, 1.54) is 18.2 Å². The molecule has 1 aromatic rings. The van der Waals surface area contributed by atoms with Gasteiger partial charge in [-0.3, -0.25) is 0 Å². The standard InChI is InChI=1S/C7H6FN2O/c8-5-3-1-2-4-6(5)10-7(9)11/h1-4H,(H2,9,11). The molecule has 0 bridgehead atoms. The lowest BCUT2D eigenvalue weighted by Gasteiger charge is -1.97. The van der Waals surface area contributed by atoms with E-state index in [2.05, 4.69) is 5.32 Å². The lowest BCUT2D eigenvalue weighted by atomic mass is 10.3. The van der Waals surface area contributed by atoms with Crippen molar-refractivity contribution >= 4 is 11.7 Å². The van der Waals surface area contributed by atoms with Crippen molar-refractivity contribution in [1.82, 2.24) is 5.32 Å². The molecule has 0 saturated heterocycles. The highest BCUT2D eigenvalue weighted by atomic mass is 19.1. The van der Waals surface area contributed by atoms with Crippen molar-refractivity contribution in [2.24, 2.45) is 5.73 Å². The Bertz CT molecular complexity index is 275. The number of amides is 2. The molecule has 0 spiro atoms. The van der Waals surface area contributed by atoms with Gasteiger partial charge in [-0.2, -0.15) is 5.32 Å². The van der Waals surface area contributed by atoms with Gasteiger partial charge in [0, 0.05) is 0 Å². The van der Waals surface area contributed by atoms with E-state index in [4.69, 9.17) is 5.73 Å². The van der Waals surface area contributed by atoms with Crippen LogP contribution in [-0.2, 0) is 0 Å². The highest BCUT2D eigenvalue weighted by Gasteiger charge is 2.03. The third-order valence-electron chi connectivity index (χ3n) is 1.08. The Morgan fingerprint density at radius 1 is 1.45 bits per heavy atom. The monoisotopic (exact) mass is 153 g/mol. The molecule has 0 unspecified atom stereocenters. The van der Waals surface area contributed by atoms with Crippen LogP contribution in [0.5, 0.6) is 0 Å². The van der Waals surface area contributed by atoms with Crippen LogP contribution in [0.4, 0.5) is 14.9 Å². The lowest BCUT2D eigenvalue weighted by molar-refractivity contribution is 0.251. The fraction of sp³-hybridized carbons (Fsp3) is 0. The molecule has 0 aliphatic heterocycles. The number of primary amides is 1. The second-order valence-electron chi connectivity index (χ2n) is 1.90. The molecule has 3 nitrogen and oxygen atoms in total. The number of benzene rings is 1. The van der Waals surface area contributed by atoms with Gasteiger partial charge in [0.2, 0.25) is 0 Å². The molecule has 2 amide bonds. The predicted molar refractivity (Wildman–Crippen MR) is 37.8 cm³/mol. The Morgan fingerprint density at radius 2 is 2.09 bits per heavy atom. The molecule has 0 aromatic heterocycles. The minimum atomic E-state index is -0.893. The van der Waals surface area contributed by atoms with E-state index in [9.17, 15) is 9.18 Å². The van der Waals surface area contributed by atoms with Crippen LogP contribution in [0.1, 0.15) is 0 Å². The maximum Gasteiger partial charge on any atom is 0.338 e. The summed E-state index contributed by atoms with van der Waals surface area (Å²) in [5, 5.41) is 3.22. The van der Waals surface area contributed by atoms with Gasteiger partial charge in [0.25, 0.3) is 0 Å². The molecule has 57 valence electrons. The smallest absolute Gasteiger partial charge is 0.338 e. The van der Waals surface area contributed by atoms with Gasteiger partial charge in [0.1, 0.15) is 11.5 Å². The minimum absolute atomic E-state index is 0.0278. The number of urea groups is 1. The second kappa shape index (κ2) is 3.01. The molecule has 2 N–H and O–H groups in total. The van der Waals surface area contributed by atoms with Gasteiger partial charge in [-0.1, -0.05) is 12.1 Å². The molecular weight excluding hydrogens is 147 g/mol. The second-order valence-corrected chi connectivity index (χ2v) is 1.90. The van der Waals surface area contributed by atoms with E-state index in [1.807, 2.05) is 0 Å². The molecule has 1 rings (SSSR count). The number of rotatable bonds is 1. The Kier molecular flexibility index (Phi) is 2.06. The number of halogens is 1. The number of carbonyl (C=O) groups is 1. The maximum atomic E-state index is 12.6. The zero-order valence-corrected chi connectivity index (χ0v) is 5.62. The van der Waals surface area contributed by atoms with E-state index < -0.39 is 11.8 Å². The summed E-state index contributed by atoms with van der Waals surface area (Å²) < 4.78 is 12.6. The first-order valence-electron chi connectivity index (χ1n) is 2.96. The zero-order valence-electron chi connectivity index (χ0n) is 5.62. The SMILES string of the molecule is NC(=O)[N]c1ccccc1F. The third-order valence-corrected chi connectivity index (χ3v) is 1.08. The number of para-hydroxylation sites is 1. The van der Waals surface area contributed by atoms with Gasteiger partial charge in [-0.05, 0) is 12.1 Å². The topological polar surface area (TPSA) is 57.2 Å². The third kappa shape index (κ3) is 1.93. The Morgan fingerprint density at radius 3 is 2.64 bits per heavy atom. The minimum Gasteiger partial charge on any atom is -0.350 e. The number of nitrogens with two attached hydrogens (primary N) is 1. The van der Waals surface area contributed by atoms with E-state index in [0.29, 0.717) is 0 Å². The van der Waals surface area contributed by atoms with Crippen molar-refractivity contribution in [3.05, 3.63) is 30.1 Å². The average molecular weight is 153 g/mol. The summed E-state index contributed by atoms with van der Waals surface area (Å²) in [5.41, 5.74) is 4.69. The van der Waals surface area contributed by atoms with Gasteiger partial charge >= 0.3 is 6.03 Å². The molecule has 0 heterocycles. The molecule has 0 aliphatic carbocycles. The predicted octanol–water partition coefficient (Wildman–Crippen LogP) is 1.14. The normalized spacial score (nSPS) is 9.18. The molecule has 0 fully saturated rings. The van der Waals surface area contributed by atoms with Crippen LogP contribution in [0, 0.1) is 5.82 Å². The van der Waals surface area contributed by atoms with Crippen LogP contribution in [-0.4, -0.2) is 6.03 Å². The highest BCUT2D eigenvalue weighted by molar-refractivity contribution is 5.77. The van der Waals surface area contributed by atoms with E-state index in [0.717, 1.165) is 0 Å². The van der Waals surface area contributed by atoms with Crippen LogP contribution in [0.2, 0.25) is 0 Å². The highest BCUT2D eigenvalue weighted by Crippen LogP contribution is 2.11. The van der Waals surface area contributed by atoms with Crippen LogP contribution >= 0.6 is 0 Å². The molecule has 0 atom stereocenters. The zero-order chi connectivity index (χ0) is 8.27. The van der Waals surface area contributed by atoms with E-state index in [-0.39, 0.29) is 5.69 Å². The van der Waals surface area contributed by atoms with Gasteiger partial charge in [0.05, 0.1) is 0 Å². The summed E-state index contributed by atoms with van der Waals surface area (Å²) in [6, 6.07) is 4.78. The fourth-order valence-electron chi connectivity index (χ4n) is 0.661. The van der Waals surface area contributed by atoms with Crippen molar-refractivity contribution in [2.75, 3.05) is 0 Å². The van der Waals surface area contributed by atoms with Gasteiger partial charge in [0.15, 0.2) is 0 Å². The molecular formula is C7H6FN2O. The van der Waals surface area contributed by atoms with Crippen molar-refractivity contribution in [2.45, 2.75) is 0 Å². The summed E-state index contributed by atoms with van der Waals surface area (Å²) in [6.45, 7) is 0. The van der Waals surface area contributed by atoms with E-state index in [1.54, 1.807) is 6.07 Å². The summed E-state index contributed by atoms with van der Waals surface area (Å²) in [5.74, 6) is -0.550. The van der Waals surface area contributed by atoms with Crippen molar-refractivity contribution in [3.63, 3.8) is 0 Å². The first-order chi connectivity index (χ1) is 5.20. The molecule has 4 heteroatoms. The van der Waals surface area contributed by atoms with Crippen LogP contribution in [0.15, 0.2) is 24.3 Å². The number of hydrogen-bond donors (Lipinski definition) is 1. The average Bonchev–Trinajstić information content (AvgIpc) is 1.93. The summed E-state index contributed by atoms with van der Waals surface area (Å²) >= 11 is 0. The molecule has 1 aromatic carbocycles. The van der Waals surface area contributed by atoms with Crippen molar-refractivity contribution in [1.29, 1.82) is 0 Å². The Hall–Kier alpha value is -1.58. The summed E-state index contributed by atoms with van der Waals surface area (Å²) in [4.78, 5) is 10.2. The molecule has 11 heavy (non-hydrogen) atoms. The Labute approximate surface area is 63.0 Å². The number of carbonyl (C=O) groups excluding carboxylic acids is 1. The summed E-state index contributed by atoms with van der Waals surface area (Å²) in [6.07, 6.45) is 0. The van der Waals surface area contributed by atoms with Crippen LogP contribution in [0.25, 0.3) is 0 Å². The fourth-order valence-corrected chi connectivity index (χ4v) is 0.661. The first kappa shape index (κ1) is 7.53. The van der Waals surface area contributed by atoms with Crippen LogP contribution < -0.4 is 11.1 Å². The lowest BCUT2D eigenvalue weighted by Crippen LogP contribution is -2.18. The van der Waals surface area contributed by atoms with Crippen LogP contribution in [0.3, 0.4) is 0 Å². The molecule has 0 aliphatic rings. The van der Waals surface area contributed by atoms with E-state index >= 15 is 0 Å². The molecule has 0 saturated carbocycles. The molecule has 1 radical (unpaired) electrons. The number of hydrogen-bond acceptors (Lipinski definition) is 1. The van der Waals surface area contributed by atoms with Gasteiger partial charge < -0.3 is 5.73 Å². The quantitative estimate of drug-likeness (QED) is 0.646. The van der Waals surface area contributed by atoms with Crippen molar-refractivity contribution in [3.8, 4) is 0 Å². The number of nitrogens with zero attached hydrogens (tertiary/aromatic N) is 1. The summed E-state index contributed by atoms with van der Waals surface area (Å²) in [7, 11) is 0. The van der Waals surface area contributed by atoms with Gasteiger partial charge in [-0.25, -0.2) is 9.18 Å². The Balaban J connectivity index is 2.86. The maximum absolute atomic E-state index is 12.6. The van der Waals surface area contributed by atoms with Gasteiger partial charge in [-0.15, -0.1) is 0 Å². The first-order valence-corrected chi connectivity index (χ1v) is 2.96. The largest absolute Gasteiger partial charge is 0.350 e. The van der Waals surface area contributed by atoms with Crippen molar-refractivity contribution < 1.29 is 9.18 Å².